The summed E-state index contributed by atoms with van der Waals surface area (Å²) in [6.07, 6.45) is 1.75. The van der Waals surface area contributed by atoms with E-state index in [1.165, 1.54) is 12.8 Å². The topological polar surface area (TPSA) is 77.1 Å². The Kier molecular flexibility index (Phi) is 3.96. The van der Waals surface area contributed by atoms with Crippen molar-refractivity contribution >= 4 is 5.95 Å². The van der Waals surface area contributed by atoms with Crippen LogP contribution in [-0.4, -0.2) is 47.0 Å². The first-order valence-corrected chi connectivity index (χ1v) is 6.20. The first kappa shape index (κ1) is 12.3. The molecule has 17 heavy (non-hydrogen) atoms. The molecule has 6 heteroatoms. The highest BCUT2D eigenvalue weighted by Crippen LogP contribution is 2.20. The van der Waals surface area contributed by atoms with Gasteiger partial charge in [0.1, 0.15) is 6.10 Å². The molecule has 1 aliphatic heterocycles. The Balaban J connectivity index is 1.91. The number of hydrogen-bond acceptors (Lipinski definition) is 5. The maximum atomic E-state index is 9.39. The number of rotatable bonds is 4. The molecule has 0 bridgehead atoms. The SMILES string of the molecule is CNCC1CCN(c2n[nH]c(C(C)O)n2)CC1. The Bertz CT molecular complexity index is 343. The van der Waals surface area contributed by atoms with Gasteiger partial charge in [0.2, 0.25) is 5.95 Å². The molecule has 1 aromatic rings. The molecule has 0 amide bonds. The fraction of sp³-hybridized carbons (Fsp3) is 0.818. The second kappa shape index (κ2) is 5.46. The summed E-state index contributed by atoms with van der Waals surface area (Å²) < 4.78 is 0. The summed E-state index contributed by atoms with van der Waals surface area (Å²) in [7, 11) is 2.00. The van der Waals surface area contributed by atoms with Crippen LogP contribution in [0.4, 0.5) is 5.95 Å². The Labute approximate surface area is 101 Å². The molecule has 3 N–H and O–H groups in total. The van der Waals surface area contributed by atoms with E-state index >= 15 is 0 Å². The smallest absolute Gasteiger partial charge is 0.244 e. The molecule has 1 aliphatic rings. The predicted octanol–water partition coefficient (Wildman–Crippen LogP) is 0.294. The zero-order chi connectivity index (χ0) is 12.3. The lowest BCUT2D eigenvalue weighted by Crippen LogP contribution is -2.37. The van der Waals surface area contributed by atoms with E-state index in [-0.39, 0.29) is 0 Å². The van der Waals surface area contributed by atoms with Gasteiger partial charge in [-0.25, -0.2) is 0 Å². The molecule has 0 aliphatic carbocycles. The number of aromatic amines is 1. The molecule has 6 nitrogen and oxygen atoms in total. The summed E-state index contributed by atoms with van der Waals surface area (Å²) in [4.78, 5) is 6.47. The van der Waals surface area contributed by atoms with Gasteiger partial charge in [0.25, 0.3) is 0 Å². The molecule has 0 radical (unpaired) electrons. The Morgan fingerprint density at radius 2 is 2.24 bits per heavy atom. The Morgan fingerprint density at radius 3 is 2.76 bits per heavy atom. The molecule has 0 saturated carbocycles. The fourth-order valence-electron chi connectivity index (χ4n) is 2.22. The van der Waals surface area contributed by atoms with E-state index in [0.29, 0.717) is 11.8 Å². The molecular weight excluding hydrogens is 218 g/mol. The van der Waals surface area contributed by atoms with Crippen molar-refractivity contribution in [2.75, 3.05) is 31.6 Å². The number of aromatic nitrogens is 3. The van der Waals surface area contributed by atoms with Gasteiger partial charge in [-0.15, -0.1) is 5.10 Å². The third-order valence-corrected chi connectivity index (χ3v) is 3.28. The van der Waals surface area contributed by atoms with Crippen molar-refractivity contribution < 1.29 is 5.11 Å². The van der Waals surface area contributed by atoms with Gasteiger partial charge in [-0.05, 0) is 39.3 Å². The number of hydrogen-bond donors (Lipinski definition) is 3. The predicted molar refractivity (Wildman–Crippen MR) is 65.9 cm³/mol. The van der Waals surface area contributed by atoms with Crippen molar-refractivity contribution in [3.05, 3.63) is 5.82 Å². The average molecular weight is 239 g/mol. The largest absolute Gasteiger partial charge is 0.385 e. The van der Waals surface area contributed by atoms with Gasteiger partial charge < -0.3 is 15.3 Å². The molecule has 1 fully saturated rings. The van der Waals surface area contributed by atoms with Gasteiger partial charge in [-0.2, -0.15) is 4.98 Å². The fourth-order valence-corrected chi connectivity index (χ4v) is 2.22. The molecule has 2 rings (SSSR count). The second-order valence-corrected chi connectivity index (χ2v) is 4.68. The second-order valence-electron chi connectivity index (χ2n) is 4.68. The van der Waals surface area contributed by atoms with Crippen LogP contribution in [0.3, 0.4) is 0 Å². The molecule has 0 spiro atoms. The highest BCUT2D eigenvalue weighted by Gasteiger charge is 2.21. The molecule has 96 valence electrons. The number of piperidine rings is 1. The van der Waals surface area contributed by atoms with Crippen molar-refractivity contribution in [2.24, 2.45) is 5.92 Å². The Morgan fingerprint density at radius 1 is 1.53 bits per heavy atom. The monoisotopic (exact) mass is 239 g/mol. The van der Waals surface area contributed by atoms with Crippen molar-refractivity contribution in [3.63, 3.8) is 0 Å². The van der Waals surface area contributed by atoms with Gasteiger partial charge >= 0.3 is 0 Å². The van der Waals surface area contributed by atoms with Crippen LogP contribution in [0.5, 0.6) is 0 Å². The van der Waals surface area contributed by atoms with Gasteiger partial charge in [-0.3, -0.25) is 5.10 Å². The van der Waals surface area contributed by atoms with Crippen molar-refractivity contribution in [2.45, 2.75) is 25.9 Å². The number of H-pyrrole nitrogens is 1. The van der Waals surface area contributed by atoms with Crippen LogP contribution in [0.2, 0.25) is 0 Å². The lowest BCUT2D eigenvalue weighted by atomic mass is 9.97. The summed E-state index contributed by atoms with van der Waals surface area (Å²) in [5.74, 6) is 2.01. The number of aliphatic hydroxyl groups is 1. The number of nitrogens with one attached hydrogen (secondary N) is 2. The van der Waals surface area contributed by atoms with E-state index in [4.69, 9.17) is 0 Å². The van der Waals surface area contributed by atoms with Crippen LogP contribution in [0.25, 0.3) is 0 Å². The van der Waals surface area contributed by atoms with Crippen LogP contribution < -0.4 is 10.2 Å². The summed E-state index contributed by atoms with van der Waals surface area (Å²) >= 11 is 0. The first-order valence-electron chi connectivity index (χ1n) is 6.20. The van der Waals surface area contributed by atoms with Crippen LogP contribution in [0, 0.1) is 5.92 Å². The summed E-state index contributed by atoms with van der Waals surface area (Å²) in [6, 6.07) is 0. The van der Waals surface area contributed by atoms with Crippen LogP contribution in [0.15, 0.2) is 0 Å². The van der Waals surface area contributed by atoms with Crippen molar-refractivity contribution in [1.29, 1.82) is 0 Å². The third kappa shape index (κ3) is 2.95. The van der Waals surface area contributed by atoms with Crippen LogP contribution in [0.1, 0.15) is 31.7 Å². The van der Waals surface area contributed by atoms with Crippen LogP contribution in [-0.2, 0) is 0 Å². The molecule has 1 aromatic heterocycles. The van der Waals surface area contributed by atoms with E-state index in [0.717, 1.165) is 25.6 Å². The van der Waals surface area contributed by atoms with Crippen molar-refractivity contribution in [1.82, 2.24) is 20.5 Å². The number of aliphatic hydroxyl groups excluding tert-OH is 1. The van der Waals surface area contributed by atoms with E-state index in [2.05, 4.69) is 25.4 Å². The minimum absolute atomic E-state index is 0.539. The number of anilines is 1. The quantitative estimate of drug-likeness (QED) is 0.704. The molecule has 1 atom stereocenters. The highest BCUT2D eigenvalue weighted by atomic mass is 16.3. The van der Waals surface area contributed by atoms with E-state index < -0.39 is 6.10 Å². The third-order valence-electron chi connectivity index (χ3n) is 3.28. The van der Waals surface area contributed by atoms with Crippen molar-refractivity contribution in [3.8, 4) is 0 Å². The average Bonchev–Trinajstić information content (AvgIpc) is 2.80. The molecule has 0 aromatic carbocycles. The summed E-state index contributed by atoms with van der Waals surface area (Å²) in [5, 5.41) is 19.5. The normalized spacial score (nSPS) is 19.6. The highest BCUT2D eigenvalue weighted by molar-refractivity contribution is 5.29. The van der Waals surface area contributed by atoms with E-state index in [9.17, 15) is 5.11 Å². The first-order chi connectivity index (χ1) is 8.20. The zero-order valence-corrected chi connectivity index (χ0v) is 10.5. The standard InChI is InChI=1S/C11H21N5O/c1-8(17)10-13-11(15-14-10)16-5-3-9(4-6-16)7-12-2/h8-9,12,17H,3-7H2,1-2H3,(H,13,14,15). The summed E-state index contributed by atoms with van der Waals surface area (Å²) in [5.41, 5.74) is 0. The van der Waals surface area contributed by atoms with E-state index in [1.807, 2.05) is 7.05 Å². The van der Waals surface area contributed by atoms with Gasteiger partial charge in [0.05, 0.1) is 0 Å². The van der Waals surface area contributed by atoms with Gasteiger partial charge in [-0.1, -0.05) is 0 Å². The minimum Gasteiger partial charge on any atom is -0.385 e. The molecular formula is C11H21N5O. The van der Waals surface area contributed by atoms with Crippen LogP contribution >= 0.6 is 0 Å². The number of nitrogens with zero attached hydrogens (tertiary/aromatic N) is 3. The lowest BCUT2D eigenvalue weighted by Gasteiger charge is -2.30. The van der Waals surface area contributed by atoms with Gasteiger partial charge in [0, 0.05) is 13.1 Å². The van der Waals surface area contributed by atoms with Gasteiger partial charge in [0.15, 0.2) is 5.82 Å². The minimum atomic E-state index is -0.585. The maximum absolute atomic E-state index is 9.39. The molecule has 1 saturated heterocycles. The Hall–Kier alpha value is -1.14. The molecule has 2 heterocycles. The molecule has 1 unspecified atom stereocenters. The maximum Gasteiger partial charge on any atom is 0.244 e. The lowest BCUT2D eigenvalue weighted by molar-refractivity contribution is 0.189. The van der Waals surface area contributed by atoms with E-state index in [1.54, 1.807) is 6.92 Å². The summed E-state index contributed by atoms with van der Waals surface area (Å²) in [6.45, 7) is 4.75. The zero-order valence-electron chi connectivity index (χ0n) is 10.5.